The van der Waals surface area contributed by atoms with Crippen LogP contribution in [0.5, 0.6) is 0 Å². The van der Waals surface area contributed by atoms with Gasteiger partial charge in [-0.25, -0.2) is 4.98 Å². The van der Waals surface area contributed by atoms with Gasteiger partial charge < -0.3 is 9.09 Å². The summed E-state index contributed by atoms with van der Waals surface area (Å²) in [6, 6.07) is 1.70. The Balaban J connectivity index is 1.60. The Kier molecular flexibility index (Phi) is 3.50. The Labute approximate surface area is 122 Å². The van der Waals surface area contributed by atoms with Crippen LogP contribution in [0.4, 0.5) is 5.88 Å². The monoisotopic (exact) mass is 289 g/mol. The molecule has 1 N–H and O–H groups in total. The molecule has 0 aliphatic carbocycles. The van der Waals surface area contributed by atoms with E-state index in [4.69, 9.17) is 4.52 Å². The SMILES string of the molecule is Cc1cc(NC(=O)CN2CCn3c(nc(C)c3C)C2)on1. The summed E-state index contributed by atoms with van der Waals surface area (Å²) >= 11 is 0. The third kappa shape index (κ3) is 2.82. The molecule has 0 saturated heterocycles. The lowest BCUT2D eigenvalue weighted by Gasteiger charge is -2.27. The lowest BCUT2D eigenvalue weighted by Crippen LogP contribution is -2.39. The standard InChI is InChI=1S/C14H19N5O2/c1-9-6-14(21-17-9)16-13(20)8-18-4-5-19-11(3)10(2)15-12(19)7-18/h6H,4-5,7-8H2,1-3H3,(H,16,20). The summed E-state index contributed by atoms with van der Waals surface area (Å²) in [4.78, 5) is 18.6. The van der Waals surface area contributed by atoms with Crippen LogP contribution < -0.4 is 5.32 Å². The number of hydrogen-bond donors (Lipinski definition) is 1. The van der Waals surface area contributed by atoms with E-state index >= 15 is 0 Å². The van der Waals surface area contributed by atoms with Gasteiger partial charge in [0.1, 0.15) is 5.82 Å². The summed E-state index contributed by atoms with van der Waals surface area (Å²) in [5, 5.41) is 6.46. The summed E-state index contributed by atoms with van der Waals surface area (Å²) in [5.74, 6) is 1.32. The molecule has 1 aliphatic heterocycles. The van der Waals surface area contributed by atoms with E-state index in [1.165, 1.54) is 5.69 Å². The number of nitrogens with zero attached hydrogens (tertiary/aromatic N) is 4. The first kappa shape index (κ1) is 13.8. The van der Waals surface area contributed by atoms with Crippen LogP contribution in [0, 0.1) is 20.8 Å². The van der Waals surface area contributed by atoms with E-state index in [1.807, 2.05) is 13.8 Å². The number of fused-ring (bicyclic) bond motifs is 1. The van der Waals surface area contributed by atoms with Gasteiger partial charge in [-0.05, 0) is 20.8 Å². The van der Waals surface area contributed by atoms with Gasteiger partial charge in [-0.15, -0.1) is 0 Å². The molecule has 7 nitrogen and oxygen atoms in total. The van der Waals surface area contributed by atoms with E-state index in [2.05, 4.69) is 31.8 Å². The first-order valence-corrected chi connectivity index (χ1v) is 7.01. The Morgan fingerprint density at radius 2 is 2.19 bits per heavy atom. The van der Waals surface area contributed by atoms with Crippen molar-refractivity contribution in [3.63, 3.8) is 0 Å². The van der Waals surface area contributed by atoms with E-state index in [0.717, 1.165) is 30.3 Å². The van der Waals surface area contributed by atoms with E-state index in [9.17, 15) is 4.79 Å². The van der Waals surface area contributed by atoms with Crippen LogP contribution in [0.15, 0.2) is 10.6 Å². The molecule has 21 heavy (non-hydrogen) atoms. The van der Waals surface area contributed by atoms with Crippen LogP contribution >= 0.6 is 0 Å². The number of aryl methyl sites for hydroxylation is 2. The normalized spacial score (nSPS) is 15.0. The van der Waals surface area contributed by atoms with Crippen LogP contribution in [0.1, 0.15) is 22.9 Å². The third-order valence-electron chi connectivity index (χ3n) is 3.80. The molecule has 2 aromatic rings. The van der Waals surface area contributed by atoms with Crippen molar-refractivity contribution in [1.82, 2.24) is 19.6 Å². The molecule has 2 aromatic heterocycles. The van der Waals surface area contributed by atoms with Gasteiger partial charge >= 0.3 is 0 Å². The van der Waals surface area contributed by atoms with Crippen LogP contribution in [0.2, 0.25) is 0 Å². The maximum atomic E-state index is 12.0. The van der Waals surface area contributed by atoms with Crippen molar-refractivity contribution in [2.45, 2.75) is 33.9 Å². The predicted octanol–water partition coefficient (Wildman–Crippen LogP) is 1.25. The molecular weight excluding hydrogens is 270 g/mol. The van der Waals surface area contributed by atoms with E-state index in [1.54, 1.807) is 6.07 Å². The van der Waals surface area contributed by atoms with Crippen LogP contribution in [-0.2, 0) is 17.9 Å². The zero-order chi connectivity index (χ0) is 15.0. The molecule has 0 spiro atoms. The number of rotatable bonds is 3. The number of anilines is 1. The second-order valence-corrected chi connectivity index (χ2v) is 5.44. The number of carbonyl (C=O) groups excluding carboxylic acids is 1. The Bertz CT molecular complexity index is 673. The molecule has 0 radical (unpaired) electrons. The van der Waals surface area contributed by atoms with Crippen molar-refractivity contribution in [2.24, 2.45) is 0 Å². The van der Waals surface area contributed by atoms with Crippen LogP contribution in [0.3, 0.4) is 0 Å². The van der Waals surface area contributed by atoms with E-state index in [0.29, 0.717) is 19.0 Å². The average Bonchev–Trinajstić information content (AvgIpc) is 2.94. The molecule has 112 valence electrons. The summed E-state index contributed by atoms with van der Waals surface area (Å²) in [6.45, 7) is 8.64. The highest BCUT2D eigenvalue weighted by Gasteiger charge is 2.22. The topological polar surface area (TPSA) is 76.2 Å². The van der Waals surface area contributed by atoms with E-state index in [-0.39, 0.29) is 5.91 Å². The fourth-order valence-corrected chi connectivity index (χ4v) is 2.60. The quantitative estimate of drug-likeness (QED) is 0.920. The molecule has 3 rings (SSSR count). The highest BCUT2D eigenvalue weighted by atomic mass is 16.5. The van der Waals surface area contributed by atoms with Gasteiger partial charge in [0.2, 0.25) is 11.8 Å². The molecule has 0 atom stereocenters. The van der Waals surface area contributed by atoms with Gasteiger partial charge in [0, 0.05) is 24.8 Å². The molecule has 1 amide bonds. The fraction of sp³-hybridized carbons (Fsp3) is 0.500. The van der Waals surface area contributed by atoms with Crippen molar-refractivity contribution in [2.75, 3.05) is 18.4 Å². The summed E-state index contributed by atoms with van der Waals surface area (Å²) in [7, 11) is 0. The zero-order valence-electron chi connectivity index (χ0n) is 12.5. The van der Waals surface area contributed by atoms with Gasteiger partial charge in [-0.1, -0.05) is 5.16 Å². The molecule has 0 bridgehead atoms. The second kappa shape index (κ2) is 5.33. The first-order chi connectivity index (χ1) is 10.0. The van der Waals surface area contributed by atoms with Gasteiger partial charge in [0.15, 0.2) is 0 Å². The molecule has 0 aromatic carbocycles. The summed E-state index contributed by atoms with van der Waals surface area (Å²) < 4.78 is 7.21. The minimum absolute atomic E-state index is 0.0976. The number of amides is 1. The first-order valence-electron chi connectivity index (χ1n) is 7.01. The number of carbonyl (C=O) groups is 1. The maximum Gasteiger partial charge on any atom is 0.240 e. The molecule has 7 heteroatoms. The van der Waals surface area contributed by atoms with Crippen molar-refractivity contribution in [3.05, 3.63) is 29.0 Å². The number of aromatic nitrogens is 3. The smallest absolute Gasteiger partial charge is 0.240 e. The highest BCUT2D eigenvalue weighted by Crippen LogP contribution is 2.17. The molecule has 0 saturated carbocycles. The van der Waals surface area contributed by atoms with Gasteiger partial charge in [0.05, 0.1) is 24.5 Å². The van der Waals surface area contributed by atoms with Gasteiger partial charge in [-0.2, -0.15) is 0 Å². The summed E-state index contributed by atoms with van der Waals surface area (Å²) in [6.07, 6.45) is 0. The van der Waals surface area contributed by atoms with Gasteiger partial charge in [-0.3, -0.25) is 15.0 Å². The fourth-order valence-electron chi connectivity index (χ4n) is 2.60. The van der Waals surface area contributed by atoms with Crippen molar-refractivity contribution < 1.29 is 9.32 Å². The number of nitrogens with one attached hydrogen (secondary N) is 1. The Hall–Kier alpha value is -2.15. The molecule has 1 aliphatic rings. The predicted molar refractivity (Wildman–Crippen MR) is 76.8 cm³/mol. The second-order valence-electron chi connectivity index (χ2n) is 5.44. The largest absolute Gasteiger partial charge is 0.338 e. The Morgan fingerprint density at radius 1 is 1.38 bits per heavy atom. The van der Waals surface area contributed by atoms with Crippen molar-refractivity contribution in [3.8, 4) is 0 Å². The van der Waals surface area contributed by atoms with Crippen molar-refractivity contribution in [1.29, 1.82) is 0 Å². The average molecular weight is 289 g/mol. The third-order valence-corrected chi connectivity index (χ3v) is 3.80. The molecule has 3 heterocycles. The van der Waals surface area contributed by atoms with E-state index < -0.39 is 0 Å². The minimum Gasteiger partial charge on any atom is -0.338 e. The van der Waals surface area contributed by atoms with Crippen LogP contribution in [0.25, 0.3) is 0 Å². The lowest BCUT2D eigenvalue weighted by molar-refractivity contribution is -0.117. The minimum atomic E-state index is -0.0976. The zero-order valence-corrected chi connectivity index (χ0v) is 12.5. The van der Waals surface area contributed by atoms with Crippen molar-refractivity contribution >= 4 is 11.8 Å². The Morgan fingerprint density at radius 3 is 2.90 bits per heavy atom. The van der Waals surface area contributed by atoms with Crippen LogP contribution in [-0.4, -0.2) is 38.6 Å². The maximum absolute atomic E-state index is 12.0. The number of hydrogen-bond acceptors (Lipinski definition) is 5. The molecule has 0 fully saturated rings. The lowest BCUT2D eigenvalue weighted by atomic mass is 10.3. The number of imidazole rings is 1. The van der Waals surface area contributed by atoms with Gasteiger partial charge in [0.25, 0.3) is 0 Å². The molecule has 0 unspecified atom stereocenters. The highest BCUT2D eigenvalue weighted by molar-refractivity contribution is 5.90. The summed E-state index contributed by atoms with van der Waals surface area (Å²) in [5.41, 5.74) is 3.02. The molecular formula is C14H19N5O2.